The Labute approximate surface area is 142 Å². The molecule has 128 valence electrons. The van der Waals surface area contributed by atoms with E-state index in [9.17, 15) is 13.2 Å². The molecule has 0 heterocycles. The van der Waals surface area contributed by atoms with E-state index in [1.807, 2.05) is 36.4 Å². The van der Waals surface area contributed by atoms with E-state index in [0.717, 1.165) is 5.56 Å². The van der Waals surface area contributed by atoms with Crippen LogP contribution in [0.2, 0.25) is 0 Å². The standard InChI is InChI=1S/C17H21N3O3S/c1-20(2)17(21)16(15-11-7-4-8-12-15)19-24(22,23)18-13-14-9-5-3-6-10-14/h3-12,16,18-19H,13H2,1-2H3/t16-/m0/s1. The Morgan fingerprint density at radius 3 is 2.08 bits per heavy atom. The molecular weight excluding hydrogens is 326 g/mol. The predicted octanol–water partition coefficient (Wildman–Crippen LogP) is 1.44. The molecule has 0 fully saturated rings. The Hall–Kier alpha value is -2.22. The van der Waals surface area contributed by atoms with Crippen molar-refractivity contribution in [2.75, 3.05) is 14.1 Å². The molecule has 0 bridgehead atoms. The van der Waals surface area contributed by atoms with Gasteiger partial charge in [0.25, 0.3) is 10.2 Å². The van der Waals surface area contributed by atoms with Crippen molar-refractivity contribution in [1.82, 2.24) is 14.3 Å². The van der Waals surface area contributed by atoms with Crippen LogP contribution in [0, 0.1) is 0 Å². The molecular formula is C17H21N3O3S. The maximum atomic E-state index is 12.4. The number of nitrogens with one attached hydrogen (secondary N) is 2. The van der Waals surface area contributed by atoms with E-state index in [0.29, 0.717) is 5.56 Å². The SMILES string of the molecule is CN(C)C(=O)[C@@H](NS(=O)(=O)NCc1ccccc1)c1ccccc1. The average Bonchev–Trinajstić information content (AvgIpc) is 2.59. The van der Waals surface area contributed by atoms with Gasteiger partial charge in [-0.2, -0.15) is 17.9 Å². The Kier molecular flexibility index (Phi) is 6.08. The van der Waals surface area contributed by atoms with Crippen LogP contribution in [0.15, 0.2) is 60.7 Å². The first kappa shape index (κ1) is 18.1. The molecule has 0 saturated carbocycles. The lowest BCUT2D eigenvalue weighted by molar-refractivity contribution is -0.130. The van der Waals surface area contributed by atoms with Crippen molar-refractivity contribution in [1.29, 1.82) is 0 Å². The second-order valence-corrected chi connectivity index (χ2v) is 7.04. The van der Waals surface area contributed by atoms with Crippen LogP contribution in [-0.4, -0.2) is 33.3 Å². The van der Waals surface area contributed by atoms with Gasteiger partial charge in [-0.25, -0.2) is 0 Å². The summed E-state index contributed by atoms with van der Waals surface area (Å²) in [6.45, 7) is 0.147. The van der Waals surface area contributed by atoms with Gasteiger partial charge in [0.05, 0.1) is 0 Å². The lowest BCUT2D eigenvalue weighted by Crippen LogP contribution is -2.44. The molecule has 7 heteroatoms. The molecule has 2 aromatic carbocycles. The van der Waals surface area contributed by atoms with Gasteiger partial charge in [-0.3, -0.25) is 4.79 Å². The molecule has 0 spiro atoms. The van der Waals surface area contributed by atoms with Crippen LogP contribution >= 0.6 is 0 Å². The number of hydrogen-bond donors (Lipinski definition) is 2. The van der Waals surface area contributed by atoms with Gasteiger partial charge in [-0.05, 0) is 11.1 Å². The third-order valence-electron chi connectivity index (χ3n) is 3.40. The molecule has 6 nitrogen and oxygen atoms in total. The fraction of sp³-hybridized carbons (Fsp3) is 0.235. The van der Waals surface area contributed by atoms with Crippen molar-refractivity contribution in [2.24, 2.45) is 0 Å². The third-order valence-corrected chi connectivity index (χ3v) is 4.47. The zero-order valence-electron chi connectivity index (χ0n) is 13.6. The molecule has 1 amide bonds. The van der Waals surface area contributed by atoms with E-state index in [1.54, 1.807) is 38.4 Å². The molecule has 0 aliphatic heterocycles. The highest BCUT2D eigenvalue weighted by molar-refractivity contribution is 7.87. The lowest BCUT2D eigenvalue weighted by Gasteiger charge is -2.22. The zero-order chi connectivity index (χ0) is 17.6. The van der Waals surface area contributed by atoms with Crippen molar-refractivity contribution in [2.45, 2.75) is 12.6 Å². The first-order chi connectivity index (χ1) is 11.4. The van der Waals surface area contributed by atoms with Gasteiger partial charge in [0.2, 0.25) is 5.91 Å². The van der Waals surface area contributed by atoms with E-state index in [1.165, 1.54) is 4.90 Å². The minimum atomic E-state index is -3.85. The van der Waals surface area contributed by atoms with Gasteiger partial charge in [-0.15, -0.1) is 0 Å². The summed E-state index contributed by atoms with van der Waals surface area (Å²) in [6, 6.07) is 16.9. The number of hydrogen-bond acceptors (Lipinski definition) is 3. The summed E-state index contributed by atoms with van der Waals surface area (Å²) < 4.78 is 29.5. The van der Waals surface area contributed by atoms with Crippen molar-refractivity contribution >= 4 is 16.1 Å². The first-order valence-electron chi connectivity index (χ1n) is 7.46. The van der Waals surface area contributed by atoms with Gasteiger partial charge in [0.1, 0.15) is 6.04 Å². The number of likely N-dealkylation sites (N-methyl/N-ethyl adjacent to an activating group) is 1. The van der Waals surface area contributed by atoms with Gasteiger partial charge in [0.15, 0.2) is 0 Å². The quantitative estimate of drug-likeness (QED) is 0.795. The first-order valence-corrected chi connectivity index (χ1v) is 8.94. The lowest BCUT2D eigenvalue weighted by atomic mass is 10.1. The summed E-state index contributed by atoms with van der Waals surface area (Å²) >= 11 is 0. The molecule has 2 rings (SSSR count). The van der Waals surface area contributed by atoms with Crippen molar-refractivity contribution in [3.05, 3.63) is 71.8 Å². The molecule has 2 N–H and O–H groups in total. The highest BCUT2D eigenvalue weighted by atomic mass is 32.2. The second-order valence-electron chi connectivity index (χ2n) is 5.50. The number of carbonyl (C=O) groups excluding carboxylic acids is 1. The summed E-state index contributed by atoms with van der Waals surface area (Å²) in [5.74, 6) is -0.341. The summed E-state index contributed by atoms with van der Waals surface area (Å²) in [5.41, 5.74) is 1.42. The molecule has 0 saturated heterocycles. The smallest absolute Gasteiger partial charge is 0.278 e. The van der Waals surface area contributed by atoms with Crippen molar-refractivity contribution in [3.63, 3.8) is 0 Å². The zero-order valence-corrected chi connectivity index (χ0v) is 14.5. The van der Waals surface area contributed by atoms with E-state index < -0.39 is 16.3 Å². The van der Waals surface area contributed by atoms with Gasteiger partial charge >= 0.3 is 0 Å². The number of rotatable bonds is 7. The number of carbonyl (C=O) groups is 1. The molecule has 0 aromatic heterocycles. The van der Waals surface area contributed by atoms with Crippen LogP contribution in [0.25, 0.3) is 0 Å². The molecule has 0 unspecified atom stereocenters. The highest BCUT2D eigenvalue weighted by Crippen LogP contribution is 2.15. The van der Waals surface area contributed by atoms with Crippen LogP contribution in [-0.2, 0) is 21.5 Å². The average molecular weight is 347 g/mol. The van der Waals surface area contributed by atoms with Crippen molar-refractivity contribution in [3.8, 4) is 0 Å². The molecule has 24 heavy (non-hydrogen) atoms. The summed E-state index contributed by atoms with van der Waals surface area (Å²) in [5, 5.41) is 0. The monoisotopic (exact) mass is 347 g/mol. The summed E-state index contributed by atoms with van der Waals surface area (Å²) in [7, 11) is -0.679. The van der Waals surface area contributed by atoms with Crippen LogP contribution in [0.3, 0.4) is 0 Å². The largest absolute Gasteiger partial charge is 0.347 e. The fourth-order valence-electron chi connectivity index (χ4n) is 2.14. The molecule has 1 atom stereocenters. The molecule has 2 aromatic rings. The summed E-state index contributed by atoms with van der Waals surface area (Å²) in [4.78, 5) is 13.7. The van der Waals surface area contributed by atoms with E-state index in [4.69, 9.17) is 0 Å². The fourth-order valence-corrected chi connectivity index (χ4v) is 3.12. The Morgan fingerprint density at radius 1 is 1.00 bits per heavy atom. The van der Waals surface area contributed by atoms with Gasteiger partial charge < -0.3 is 4.90 Å². The van der Waals surface area contributed by atoms with E-state index in [-0.39, 0.29) is 12.5 Å². The Morgan fingerprint density at radius 2 is 1.54 bits per heavy atom. The van der Waals surface area contributed by atoms with Crippen LogP contribution in [0.1, 0.15) is 17.2 Å². The molecule has 0 aliphatic rings. The third kappa shape index (κ3) is 5.16. The van der Waals surface area contributed by atoms with Crippen LogP contribution in [0.4, 0.5) is 0 Å². The minimum absolute atomic E-state index is 0.147. The van der Waals surface area contributed by atoms with Crippen LogP contribution in [0.5, 0.6) is 0 Å². The highest BCUT2D eigenvalue weighted by Gasteiger charge is 2.27. The normalized spacial score (nSPS) is 12.6. The minimum Gasteiger partial charge on any atom is -0.347 e. The van der Waals surface area contributed by atoms with Gasteiger partial charge in [0, 0.05) is 20.6 Å². The topological polar surface area (TPSA) is 78.5 Å². The number of nitrogens with zero attached hydrogens (tertiary/aromatic N) is 1. The number of benzene rings is 2. The van der Waals surface area contributed by atoms with Crippen molar-refractivity contribution < 1.29 is 13.2 Å². The molecule has 0 radical (unpaired) electrons. The van der Waals surface area contributed by atoms with Gasteiger partial charge in [-0.1, -0.05) is 60.7 Å². The van der Waals surface area contributed by atoms with Crippen LogP contribution < -0.4 is 9.44 Å². The maximum absolute atomic E-state index is 12.4. The van der Waals surface area contributed by atoms with E-state index >= 15 is 0 Å². The maximum Gasteiger partial charge on any atom is 0.278 e. The molecule has 0 aliphatic carbocycles. The predicted molar refractivity (Wildman–Crippen MR) is 93.2 cm³/mol. The Bertz CT molecular complexity index is 762. The second kappa shape index (κ2) is 8.05. The number of amides is 1. The van der Waals surface area contributed by atoms with E-state index in [2.05, 4.69) is 9.44 Å². The summed E-state index contributed by atoms with van der Waals surface area (Å²) in [6.07, 6.45) is 0. The Balaban J connectivity index is 2.14.